The van der Waals surface area contributed by atoms with Crippen molar-refractivity contribution < 1.29 is 33.2 Å². The van der Waals surface area contributed by atoms with Gasteiger partial charge in [0.1, 0.15) is 13.2 Å². The van der Waals surface area contributed by atoms with E-state index in [0.717, 1.165) is 73.9 Å². The molecular formula is C33H48N2O7. The molecule has 0 spiro atoms. The van der Waals surface area contributed by atoms with E-state index in [4.69, 9.17) is 33.2 Å². The highest BCUT2D eigenvalue weighted by Crippen LogP contribution is 2.29. The predicted octanol–water partition coefficient (Wildman–Crippen LogP) is 3.54. The topological polar surface area (TPSA) is 71.1 Å². The summed E-state index contributed by atoms with van der Waals surface area (Å²) < 4.78 is 41.9. The van der Waals surface area contributed by atoms with Gasteiger partial charge in [-0.1, -0.05) is 43.0 Å². The van der Waals surface area contributed by atoms with E-state index in [0.29, 0.717) is 79.3 Å². The van der Waals surface area contributed by atoms with Gasteiger partial charge in [0, 0.05) is 39.3 Å². The van der Waals surface area contributed by atoms with Crippen LogP contribution in [-0.4, -0.2) is 122 Å². The number of hydrogen-bond donors (Lipinski definition) is 0. The van der Waals surface area contributed by atoms with Gasteiger partial charge in [-0.25, -0.2) is 0 Å². The second-order valence-corrected chi connectivity index (χ2v) is 10.4. The Bertz CT molecular complexity index is 1000. The van der Waals surface area contributed by atoms with Gasteiger partial charge in [-0.05, 0) is 35.2 Å². The van der Waals surface area contributed by atoms with Gasteiger partial charge in [-0.2, -0.15) is 0 Å². The van der Waals surface area contributed by atoms with Gasteiger partial charge >= 0.3 is 0 Å². The standard InChI is InChI=1S/C33H48N2O7/c1-2-29-3-5-31(6-4-29)28-40-16-9-30-7-8-32-33(27-30)42-22-15-35-12-19-38-25-23-36-17-10-34(14-21-41-32)11-18-37-24-26-39-20-13-35/h2-8,27H,1,9-26,28H2. The van der Waals surface area contributed by atoms with Crippen molar-refractivity contribution in [3.05, 3.63) is 65.7 Å². The first-order valence-electron chi connectivity index (χ1n) is 15.2. The fourth-order valence-corrected chi connectivity index (χ4v) is 4.73. The first-order valence-corrected chi connectivity index (χ1v) is 15.2. The summed E-state index contributed by atoms with van der Waals surface area (Å²) in [5, 5.41) is 0. The zero-order valence-corrected chi connectivity index (χ0v) is 25.0. The molecule has 1 saturated heterocycles. The second-order valence-electron chi connectivity index (χ2n) is 10.4. The summed E-state index contributed by atoms with van der Waals surface area (Å²) in [6.45, 7) is 15.7. The third-order valence-electron chi connectivity index (χ3n) is 7.31. The van der Waals surface area contributed by atoms with Gasteiger partial charge in [-0.3, -0.25) is 9.80 Å². The zero-order chi connectivity index (χ0) is 29.1. The first-order chi connectivity index (χ1) is 20.8. The SMILES string of the molecule is C=Cc1ccc(COCCc2ccc3c(c2)OCCN2CCOCCOCCN(CCOCCOCC2)CCO3)cc1. The summed E-state index contributed by atoms with van der Waals surface area (Å²) >= 11 is 0. The van der Waals surface area contributed by atoms with Crippen molar-refractivity contribution in [2.45, 2.75) is 13.0 Å². The lowest BCUT2D eigenvalue weighted by atomic mass is 10.1. The van der Waals surface area contributed by atoms with Crippen molar-refractivity contribution in [3.8, 4) is 11.5 Å². The molecule has 0 radical (unpaired) electrons. The maximum atomic E-state index is 6.34. The predicted molar refractivity (Wildman–Crippen MR) is 163 cm³/mol. The van der Waals surface area contributed by atoms with Crippen molar-refractivity contribution in [2.75, 3.05) is 112 Å². The highest BCUT2D eigenvalue weighted by Gasteiger charge is 2.13. The van der Waals surface area contributed by atoms with Gasteiger partial charge in [0.25, 0.3) is 0 Å². The van der Waals surface area contributed by atoms with Crippen LogP contribution in [0.2, 0.25) is 0 Å². The van der Waals surface area contributed by atoms with E-state index in [9.17, 15) is 0 Å². The Labute approximate surface area is 251 Å². The average molecular weight is 585 g/mol. The molecule has 2 aromatic rings. The van der Waals surface area contributed by atoms with E-state index in [1.54, 1.807) is 0 Å². The van der Waals surface area contributed by atoms with Crippen LogP contribution >= 0.6 is 0 Å². The van der Waals surface area contributed by atoms with Crippen LogP contribution in [0.4, 0.5) is 0 Å². The molecule has 9 nitrogen and oxygen atoms in total. The minimum absolute atomic E-state index is 0.537. The molecule has 2 aromatic carbocycles. The smallest absolute Gasteiger partial charge is 0.161 e. The molecule has 0 aliphatic carbocycles. The van der Waals surface area contributed by atoms with Crippen LogP contribution in [0.3, 0.4) is 0 Å². The quantitative estimate of drug-likeness (QED) is 0.474. The molecule has 1 fully saturated rings. The molecule has 3 aliphatic heterocycles. The number of hydrogen-bond acceptors (Lipinski definition) is 9. The van der Waals surface area contributed by atoms with Gasteiger partial charge in [0.15, 0.2) is 11.5 Å². The maximum Gasteiger partial charge on any atom is 0.161 e. The second kappa shape index (κ2) is 19.6. The van der Waals surface area contributed by atoms with E-state index in [2.05, 4.69) is 52.8 Å². The van der Waals surface area contributed by atoms with Crippen LogP contribution in [0.25, 0.3) is 6.08 Å². The Morgan fingerprint density at radius 2 is 1.10 bits per heavy atom. The molecule has 0 saturated carbocycles. The molecule has 0 aromatic heterocycles. The van der Waals surface area contributed by atoms with E-state index < -0.39 is 0 Å². The van der Waals surface area contributed by atoms with Crippen molar-refractivity contribution in [2.24, 2.45) is 0 Å². The molecule has 3 aliphatic rings. The summed E-state index contributed by atoms with van der Waals surface area (Å²) in [6, 6.07) is 14.5. The third-order valence-corrected chi connectivity index (χ3v) is 7.31. The lowest BCUT2D eigenvalue weighted by Gasteiger charge is -2.25. The van der Waals surface area contributed by atoms with Gasteiger partial charge in [0.2, 0.25) is 0 Å². The zero-order valence-electron chi connectivity index (χ0n) is 25.0. The third kappa shape index (κ3) is 12.4. The Hall–Kier alpha value is -2.50. The molecule has 0 N–H and O–H groups in total. The number of benzene rings is 2. The largest absolute Gasteiger partial charge is 0.488 e. The molecule has 3 heterocycles. The van der Waals surface area contributed by atoms with Gasteiger partial charge in [-0.15, -0.1) is 0 Å². The van der Waals surface area contributed by atoms with Crippen molar-refractivity contribution >= 4 is 6.08 Å². The van der Waals surface area contributed by atoms with E-state index >= 15 is 0 Å². The normalized spacial score (nSPS) is 22.2. The van der Waals surface area contributed by atoms with Crippen LogP contribution in [0, 0.1) is 0 Å². The Morgan fingerprint density at radius 3 is 1.64 bits per heavy atom. The molecule has 0 atom stereocenters. The average Bonchev–Trinajstić information content (AvgIpc) is 3.01. The van der Waals surface area contributed by atoms with Crippen LogP contribution < -0.4 is 9.47 Å². The minimum Gasteiger partial charge on any atom is -0.488 e. The van der Waals surface area contributed by atoms with E-state index in [-0.39, 0.29) is 0 Å². The fraction of sp³-hybridized carbons (Fsp3) is 0.576. The number of fused-ring (bicyclic) bond motifs is 18. The van der Waals surface area contributed by atoms with Crippen LogP contribution in [0.15, 0.2) is 49.0 Å². The van der Waals surface area contributed by atoms with Crippen LogP contribution in [0.1, 0.15) is 16.7 Å². The van der Waals surface area contributed by atoms with Crippen LogP contribution in [0.5, 0.6) is 11.5 Å². The lowest BCUT2D eigenvalue weighted by molar-refractivity contribution is 0.00506. The van der Waals surface area contributed by atoms with Crippen molar-refractivity contribution in [3.63, 3.8) is 0 Å². The number of ether oxygens (including phenoxy) is 7. The highest BCUT2D eigenvalue weighted by molar-refractivity contribution is 5.47. The van der Waals surface area contributed by atoms with Crippen LogP contribution in [-0.2, 0) is 36.7 Å². The molecule has 42 heavy (non-hydrogen) atoms. The van der Waals surface area contributed by atoms with E-state index in [1.165, 1.54) is 0 Å². The molecule has 0 unspecified atom stereocenters. The Morgan fingerprint density at radius 1 is 0.595 bits per heavy atom. The van der Waals surface area contributed by atoms with Crippen molar-refractivity contribution in [1.29, 1.82) is 0 Å². The molecule has 9 heteroatoms. The maximum absolute atomic E-state index is 6.34. The fourth-order valence-electron chi connectivity index (χ4n) is 4.73. The van der Waals surface area contributed by atoms with Crippen molar-refractivity contribution in [1.82, 2.24) is 9.80 Å². The number of nitrogens with zero attached hydrogens (tertiary/aromatic N) is 2. The Balaban J connectivity index is 1.39. The molecule has 0 amide bonds. The van der Waals surface area contributed by atoms with E-state index in [1.807, 2.05) is 12.1 Å². The summed E-state index contributed by atoms with van der Waals surface area (Å²) in [6.07, 6.45) is 2.63. The summed E-state index contributed by atoms with van der Waals surface area (Å²) in [5.41, 5.74) is 3.41. The highest BCUT2D eigenvalue weighted by atomic mass is 16.5. The molecule has 2 bridgehead atoms. The molecular weight excluding hydrogens is 536 g/mol. The van der Waals surface area contributed by atoms with Gasteiger partial charge < -0.3 is 33.2 Å². The molecule has 5 rings (SSSR count). The first kappa shape index (κ1) is 32.4. The Kier molecular flexibility index (Phi) is 15.2. The number of rotatable bonds is 6. The van der Waals surface area contributed by atoms with Gasteiger partial charge in [0.05, 0.1) is 66.1 Å². The summed E-state index contributed by atoms with van der Waals surface area (Å²) in [4.78, 5) is 4.62. The summed E-state index contributed by atoms with van der Waals surface area (Å²) in [7, 11) is 0. The monoisotopic (exact) mass is 584 g/mol. The molecule has 232 valence electrons. The minimum atomic E-state index is 0.537. The summed E-state index contributed by atoms with van der Waals surface area (Å²) in [5.74, 6) is 1.52. The lowest BCUT2D eigenvalue weighted by Crippen LogP contribution is -2.36.